The lowest BCUT2D eigenvalue weighted by Crippen LogP contribution is -2.32. The van der Waals surface area contributed by atoms with Crippen LogP contribution in [0.4, 0.5) is 5.69 Å². The molecule has 6 nitrogen and oxygen atoms in total. The smallest absolute Gasteiger partial charge is 0.246 e. The summed E-state index contributed by atoms with van der Waals surface area (Å²) in [5.41, 5.74) is 0.750. The molecule has 2 rings (SSSR count). The van der Waals surface area contributed by atoms with Crippen molar-refractivity contribution in [3.63, 3.8) is 0 Å². The monoisotopic (exact) mass is 320 g/mol. The first kappa shape index (κ1) is 17.4. The summed E-state index contributed by atoms with van der Waals surface area (Å²) in [6, 6.07) is 9.22. The summed E-state index contributed by atoms with van der Waals surface area (Å²) in [6.45, 7) is 1.51. The highest BCUT2D eigenvalue weighted by atomic mass is 16.5. The third-order valence-electron chi connectivity index (χ3n) is 3.54. The lowest BCUT2D eigenvalue weighted by Gasteiger charge is -2.22. The van der Waals surface area contributed by atoms with E-state index in [2.05, 4.69) is 10.6 Å². The second-order valence-corrected chi connectivity index (χ2v) is 5.52. The number of benzene rings is 1. The molecule has 1 aromatic carbocycles. The Bertz CT molecular complexity index is 487. The minimum atomic E-state index is -0.215. The third kappa shape index (κ3) is 7.25. The largest absolute Gasteiger partial charge is 0.376 e. The molecule has 1 heterocycles. The second kappa shape index (κ2) is 9.97. The normalized spacial score (nSPS) is 17.5. The Morgan fingerprint density at radius 3 is 2.74 bits per heavy atom. The van der Waals surface area contributed by atoms with Gasteiger partial charge >= 0.3 is 0 Å². The van der Waals surface area contributed by atoms with Gasteiger partial charge < -0.3 is 20.1 Å². The van der Waals surface area contributed by atoms with Crippen molar-refractivity contribution in [3.8, 4) is 0 Å². The van der Waals surface area contributed by atoms with Gasteiger partial charge in [0, 0.05) is 25.3 Å². The van der Waals surface area contributed by atoms with Gasteiger partial charge in [0.2, 0.25) is 11.8 Å². The first-order valence-corrected chi connectivity index (χ1v) is 8.05. The second-order valence-electron chi connectivity index (χ2n) is 5.52. The van der Waals surface area contributed by atoms with Crippen LogP contribution in [0.3, 0.4) is 0 Å². The van der Waals surface area contributed by atoms with Crippen LogP contribution in [-0.4, -0.2) is 44.3 Å². The maximum atomic E-state index is 11.7. The molecule has 1 aliphatic heterocycles. The zero-order valence-corrected chi connectivity index (χ0v) is 13.3. The summed E-state index contributed by atoms with van der Waals surface area (Å²) in [5, 5.41) is 5.44. The van der Waals surface area contributed by atoms with Crippen molar-refractivity contribution in [3.05, 3.63) is 30.3 Å². The van der Waals surface area contributed by atoms with Crippen LogP contribution in [0.15, 0.2) is 30.3 Å². The Kier molecular flexibility index (Phi) is 7.56. The Hall–Kier alpha value is -1.92. The molecule has 23 heavy (non-hydrogen) atoms. The molecule has 0 bridgehead atoms. The molecule has 2 N–H and O–H groups in total. The van der Waals surface area contributed by atoms with E-state index in [-0.39, 0.29) is 30.9 Å². The van der Waals surface area contributed by atoms with Crippen LogP contribution < -0.4 is 10.6 Å². The number of nitrogens with one attached hydrogen (secondary N) is 2. The maximum Gasteiger partial charge on any atom is 0.246 e. The average molecular weight is 320 g/mol. The fourth-order valence-corrected chi connectivity index (χ4v) is 2.33. The van der Waals surface area contributed by atoms with Crippen molar-refractivity contribution >= 4 is 17.5 Å². The number of para-hydroxylation sites is 1. The number of hydrogen-bond donors (Lipinski definition) is 2. The van der Waals surface area contributed by atoms with E-state index in [0.717, 1.165) is 31.6 Å². The van der Waals surface area contributed by atoms with Gasteiger partial charge in [-0.05, 0) is 31.4 Å². The van der Waals surface area contributed by atoms with Crippen molar-refractivity contribution in [2.75, 3.05) is 31.7 Å². The van der Waals surface area contributed by atoms with Crippen molar-refractivity contribution in [1.29, 1.82) is 0 Å². The van der Waals surface area contributed by atoms with E-state index in [4.69, 9.17) is 9.47 Å². The van der Waals surface area contributed by atoms with Crippen molar-refractivity contribution < 1.29 is 19.1 Å². The van der Waals surface area contributed by atoms with Gasteiger partial charge in [0.05, 0.1) is 12.7 Å². The molecule has 1 saturated heterocycles. The van der Waals surface area contributed by atoms with E-state index in [9.17, 15) is 9.59 Å². The Morgan fingerprint density at radius 1 is 1.17 bits per heavy atom. The van der Waals surface area contributed by atoms with E-state index < -0.39 is 0 Å². The van der Waals surface area contributed by atoms with Gasteiger partial charge in [-0.1, -0.05) is 18.2 Å². The molecule has 1 fully saturated rings. The number of carbonyl (C=O) groups excluding carboxylic acids is 2. The van der Waals surface area contributed by atoms with Crippen LogP contribution in [0.25, 0.3) is 0 Å². The zero-order chi connectivity index (χ0) is 16.3. The predicted octanol–water partition coefficient (Wildman–Crippen LogP) is 1.72. The standard InChI is InChI=1S/C17H24N2O4/c20-16(19-14-6-2-1-3-7-14)9-10-18-17(21)13-22-12-15-8-4-5-11-23-15/h1-3,6-7,15H,4-5,8-13H2,(H,18,21)(H,19,20)/t15-/m1/s1. The van der Waals surface area contributed by atoms with Crippen LogP contribution in [0.2, 0.25) is 0 Å². The van der Waals surface area contributed by atoms with Crippen molar-refractivity contribution in [1.82, 2.24) is 5.32 Å². The zero-order valence-electron chi connectivity index (χ0n) is 13.3. The summed E-state index contributed by atoms with van der Waals surface area (Å²) < 4.78 is 10.9. The topological polar surface area (TPSA) is 76.7 Å². The molecule has 0 aliphatic carbocycles. The molecule has 6 heteroatoms. The molecule has 126 valence electrons. The van der Waals surface area contributed by atoms with Gasteiger partial charge in [0.1, 0.15) is 6.61 Å². The first-order chi connectivity index (χ1) is 11.2. The average Bonchev–Trinajstić information content (AvgIpc) is 2.57. The molecular formula is C17H24N2O4. The highest BCUT2D eigenvalue weighted by Crippen LogP contribution is 2.12. The lowest BCUT2D eigenvalue weighted by molar-refractivity contribution is -0.127. The highest BCUT2D eigenvalue weighted by Gasteiger charge is 2.14. The summed E-state index contributed by atoms with van der Waals surface area (Å²) in [7, 11) is 0. The third-order valence-corrected chi connectivity index (χ3v) is 3.54. The van der Waals surface area contributed by atoms with E-state index in [0.29, 0.717) is 13.2 Å². The van der Waals surface area contributed by atoms with Crippen molar-refractivity contribution in [2.24, 2.45) is 0 Å². The fourth-order valence-electron chi connectivity index (χ4n) is 2.33. The van der Waals surface area contributed by atoms with E-state index >= 15 is 0 Å². The van der Waals surface area contributed by atoms with Crippen LogP contribution in [0.5, 0.6) is 0 Å². The van der Waals surface area contributed by atoms with Crippen LogP contribution >= 0.6 is 0 Å². The fraction of sp³-hybridized carbons (Fsp3) is 0.529. The molecule has 0 spiro atoms. The first-order valence-electron chi connectivity index (χ1n) is 8.05. The number of anilines is 1. The number of rotatable bonds is 8. The Morgan fingerprint density at radius 2 is 2.00 bits per heavy atom. The van der Waals surface area contributed by atoms with Gasteiger partial charge in [-0.2, -0.15) is 0 Å². The van der Waals surface area contributed by atoms with E-state index in [1.165, 1.54) is 0 Å². The van der Waals surface area contributed by atoms with E-state index in [1.807, 2.05) is 30.3 Å². The minimum absolute atomic E-state index is 0.000163. The molecule has 0 aromatic heterocycles. The summed E-state index contributed by atoms with van der Waals surface area (Å²) >= 11 is 0. The maximum absolute atomic E-state index is 11.7. The molecule has 2 amide bonds. The highest BCUT2D eigenvalue weighted by molar-refractivity contribution is 5.91. The summed E-state index contributed by atoms with van der Waals surface area (Å²) in [4.78, 5) is 23.3. The minimum Gasteiger partial charge on any atom is -0.376 e. The van der Waals surface area contributed by atoms with Crippen molar-refractivity contribution in [2.45, 2.75) is 31.8 Å². The lowest BCUT2D eigenvalue weighted by atomic mass is 10.1. The van der Waals surface area contributed by atoms with Gasteiger partial charge in [-0.25, -0.2) is 0 Å². The van der Waals surface area contributed by atoms with E-state index in [1.54, 1.807) is 0 Å². The molecule has 1 aromatic rings. The number of ether oxygens (including phenoxy) is 2. The summed E-state index contributed by atoms with van der Waals surface area (Å²) in [6.07, 6.45) is 3.57. The molecule has 1 atom stereocenters. The van der Waals surface area contributed by atoms with Gasteiger partial charge in [-0.15, -0.1) is 0 Å². The quantitative estimate of drug-likeness (QED) is 0.764. The van der Waals surface area contributed by atoms with Gasteiger partial charge in [0.15, 0.2) is 0 Å². The Labute approximate surface area is 136 Å². The molecule has 0 radical (unpaired) electrons. The summed E-state index contributed by atoms with van der Waals surface area (Å²) in [5.74, 6) is -0.346. The van der Waals surface area contributed by atoms with Crippen LogP contribution in [0, 0.1) is 0 Å². The molecular weight excluding hydrogens is 296 g/mol. The van der Waals surface area contributed by atoms with Gasteiger partial charge in [-0.3, -0.25) is 9.59 Å². The Balaban J connectivity index is 1.51. The number of hydrogen-bond acceptors (Lipinski definition) is 4. The van der Waals surface area contributed by atoms with Gasteiger partial charge in [0.25, 0.3) is 0 Å². The molecule has 0 saturated carbocycles. The molecule has 0 unspecified atom stereocenters. The van der Waals surface area contributed by atoms with Crippen LogP contribution in [-0.2, 0) is 19.1 Å². The number of amides is 2. The number of carbonyl (C=O) groups is 2. The van der Waals surface area contributed by atoms with Crippen LogP contribution in [0.1, 0.15) is 25.7 Å². The SMILES string of the molecule is O=C(COC[C@H]1CCCCO1)NCCC(=O)Nc1ccccc1. The predicted molar refractivity (Wildman–Crippen MR) is 87.1 cm³/mol. The molecule has 1 aliphatic rings.